The Hall–Kier alpha value is -2.65. The number of anilines is 1. The molecule has 9 heteroatoms. The largest absolute Gasteiger partial charge is 0.477 e. The third-order valence-corrected chi connectivity index (χ3v) is 5.40. The molecule has 3 N–H and O–H groups in total. The lowest BCUT2D eigenvalue weighted by molar-refractivity contribution is 0.0695. The molecule has 0 saturated heterocycles. The van der Waals surface area contributed by atoms with Crippen LogP contribution in [0.1, 0.15) is 10.4 Å². The summed E-state index contributed by atoms with van der Waals surface area (Å²) in [7, 11) is -3.93. The van der Waals surface area contributed by atoms with Crippen LogP contribution in [0.15, 0.2) is 62.8 Å². The number of hydrogen-bond acceptors (Lipinski definition) is 4. The number of benzene rings is 2. The Kier molecular flexibility index (Phi) is 4.36. The van der Waals surface area contributed by atoms with Crippen LogP contribution in [-0.4, -0.2) is 24.5 Å². The monoisotopic (exact) mass is 422 g/mol. The molecule has 2 aromatic carbocycles. The third-order valence-electron chi connectivity index (χ3n) is 3.49. The normalized spacial score (nSPS) is 11.4. The van der Waals surface area contributed by atoms with Gasteiger partial charge in [0.25, 0.3) is 10.0 Å². The summed E-state index contributed by atoms with van der Waals surface area (Å²) in [5.74, 6) is -1.38. The number of carbonyl (C=O) groups is 1. The third kappa shape index (κ3) is 3.42. The molecule has 3 rings (SSSR count). The fourth-order valence-corrected chi connectivity index (χ4v) is 3.60. The summed E-state index contributed by atoms with van der Waals surface area (Å²) >= 11 is 3.26. The molecular formula is C16H11BrN2O5S. The molecule has 1 aromatic heterocycles. The van der Waals surface area contributed by atoms with Gasteiger partial charge in [-0.05, 0) is 42.5 Å². The van der Waals surface area contributed by atoms with E-state index in [1.165, 1.54) is 12.1 Å². The van der Waals surface area contributed by atoms with Gasteiger partial charge in [0.2, 0.25) is 5.43 Å². The zero-order valence-electron chi connectivity index (χ0n) is 12.5. The second-order valence-corrected chi connectivity index (χ2v) is 7.75. The van der Waals surface area contributed by atoms with Crippen LogP contribution < -0.4 is 10.2 Å². The number of nitrogens with one attached hydrogen (secondary N) is 2. The van der Waals surface area contributed by atoms with Gasteiger partial charge < -0.3 is 10.1 Å². The highest BCUT2D eigenvalue weighted by Gasteiger charge is 2.17. The average molecular weight is 423 g/mol. The molecule has 0 bridgehead atoms. The zero-order chi connectivity index (χ0) is 18.2. The summed E-state index contributed by atoms with van der Waals surface area (Å²) in [6.45, 7) is 0. The fourth-order valence-electron chi connectivity index (χ4n) is 2.26. The number of sulfonamides is 1. The first kappa shape index (κ1) is 17.2. The van der Waals surface area contributed by atoms with Gasteiger partial charge in [-0.1, -0.05) is 15.9 Å². The molecule has 0 spiro atoms. The highest BCUT2D eigenvalue weighted by molar-refractivity contribution is 9.10. The summed E-state index contributed by atoms with van der Waals surface area (Å²) in [4.78, 5) is 25.8. The minimum absolute atomic E-state index is 0.0152. The first-order chi connectivity index (χ1) is 11.8. The average Bonchev–Trinajstić information content (AvgIpc) is 2.56. The van der Waals surface area contributed by atoms with E-state index in [-0.39, 0.29) is 10.3 Å². The van der Waals surface area contributed by atoms with Gasteiger partial charge in [0, 0.05) is 27.3 Å². The number of fused-ring (bicyclic) bond motifs is 1. The molecule has 0 aliphatic rings. The van der Waals surface area contributed by atoms with Gasteiger partial charge in [-0.25, -0.2) is 13.2 Å². The molecule has 0 aliphatic carbocycles. The lowest BCUT2D eigenvalue weighted by Crippen LogP contribution is -2.17. The van der Waals surface area contributed by atoms with Crippen molar-refractivity contribution in [3.63, 3.8) is 0 Å². The number of halogens is 1. The number of hydrogen-bond donors (Lipinski definition) is 3. The zero-order valence-corrected chi connectivity index (χ0v) is 14.9. The Morgan fingerprint density at radius 3 is 2.44 bits per heavy atom. The summed E-state index contributed by atoms with van der Waals surface area (Å²) in [5, 5.41) is 9.00. The molecule has 0 aliphatic heterocycles. The van der Waals surface area contributed by atoms with Crippen LogP contribution in [0.2, 0.25) is 0 Å². The quantitative estimate of drug-likeness (QED) is 0.597. The summed E-state index contributed by atoms with van der Waals surface area (Å²) in [5.41, 5.74) is -0.501. The smallest absolute Gasteiger partial charge is 0.341 e. The van der Waals surface area contributed by atoms with Crippen LogP contribution in [0.4, 0.5) is 5.69 Å². The summed E-state index contributed by atoms with van der Waals surface area (Å²) in [6, 6.07) is 10.4. The van der Waals surface area contributed by atoms with Crippen molar-refractivity contribution in [2.45, 2.75) is 4.90 Å². The molecule has 0 radical (unpaired) electrons. The van der Waals surface area contributed by atoms with Crippen LogP contribution in [0.25, 0.3) is 10.9 Å². The van der Waals surface area contributed by atoms with E-state index in [1.54, 1.807) is 24.3 Å². The van der Waals surface area contributed by atoms with Gasteiger partial charge in [0.1, 0.15) is 5.56 Å². The predicted molar refractivity (Wildman–Crippen MR) is 96.5 cm³/mol. The highest BCUT2D eigenvalue weighted by atomic mass is 79.9. The first-order valence-electron chi connectivity index (χ1n) is 6.95. The van der Waals surface area contributed by atoms with Crippen LogP contribution in [0.5, 0.6) is 0 Å². The van der Waals surface area contributed by atoms with Gasteiger partial charge in [-0.2, -0.15) is 0 Å². The van der Waals surface area contributed by atoms with Crippen molar-refractivity contribution in [2.24, 2.45) is 0 Å². The van der Waals surface area contributed by atoms with Crippen molar-refractivity contribution in [3.8, 4) is 0 Å². The second-order valence-electron chi connectivity index (χ2n) is 5.16. The van der Waals surface area contributed by atoms with Crippen molar-refractivity contribution in [2.75, 3.05) is 4.72 Å². The van der Waals surface area contributed by atoms with E-state index in [0.717, 1.165) is 16.7 Å². The molecule has 7 nitrogen and oxygen atoms in total. The maximum atomic E-state index is 12.5. The Balaban J connectivity index is 2.08. The molecule has 1 heterocycles. The SMILES string of the molecule is O=C(O)c1c[nH]c2ccc(S(=O)(=O)Nc3ccc(Br)cc3)cc2c1=O. The number of H-pyrrole nitrogens is 1. The van der Waals surface area contributed by atoms with E-state index < -0.39 is 27.0 Å². The van der Waals surface area contributed by atoms with Crippen molar-refractivity contribution in [3.05, 3.63) is 68.9 Å². The number of carboxylic acids is 1. The van der Waals surface area contributed by atoms with E-state index in [2.05, 4.69) is 25.6 Å². The molecule has 0 fully saturated rings. The van der Waals surface area contributed by atoms with E-state index in [1.807, 2.05) is 0 Å². The maximum absolute atomic E-state index is 12.5. The second kappa shape index (κ2) is 6.34. The van der Waals surface area contributed by atoms with Gasteiger partial charge in [0.15, 0.2) is 0 Å². The molecule has 0 unspecified atom stereocenters. The standard InChI is InChI=1S/C16H11BrN2O5S/c17-9-1-3-10(4-2-9)19-25(23,24)11-5-6-14-12(7-11)15(20)13(8-18-14)16(21)22/h1-8,19H,(H,18,20)(H,21,22). The fraction of sp³-hybridized carbons (Fsp3) is 0. The molecule has 0 saturated carbocycles. The van der Waals surface area contributed by atoms with Crippen LogP contribution >= 0.6 is 15.9 Å². The van der Waals surface area contributed by atoms with Crippen LogP contribution in [-0.2, 0) is 10.0 Å². The van der Waals surface area contributed by atoms with Gasteiger partial charge >= 0.3 is 5.97 Å². The number of aromatic carboxylic acids is 1. The Morgan fingerprint density at radius 1 is 1.12 bits per heavy atom. The van der Waals surface area contributed by atoms with Gasteiger partial charge in [-0.15, -0.1) is 0 Å². The first-order valence-corrected chi connectivity index (χ1v) is 9.23. The van der Waals surface area contributed by atoms with E-state index >= 15 is 0 Å². The van der Waals surface area contributed by atoms with Crippen LogP contribution in [0, 0.1) is 0 Å². The molecule has 128 valence electrons. The topological polar surface area (TPSA) is 116 Å². The van der Waals surface area contributed by atoms with Crippen molar-refractivity contribution in [1.29, 1.82) is 0 Å². The van der Waals surface area contributed by atoms with Gasteiger partial charge in [-0.3, -0.25) is 9.52 Å². The van der Waals surface area contributed by atoms with Crippen molar-refractivity contribution in [1.82, 2.24) is 4.98 Å². The lowest BCUT2D eigenvalue weighted by Gasteiger charge is -2.09. The molecular weight excluding hydrogens is 412 g/mol. The van der Waals surface area contributed by atoms with Crippen LogP contribution in [0.3, 0.4) is 0 Å². The summed E-state index contributed by atoms with van der Waals surface area (Å²) < 4.78 is 28.2. The number of carboxylic acid groups (broad SMARTS) is 1. The summed E-state index contributed by atoms with van der Waals surface area (Å²) in [6.07, 6.45) is 1.08. The maximum Gasteiger partial charge on any atom is 0.341 e. The molecule has 3 aromatic rings. The number of pyridine rings is 1. The Labute approximate surface area is 150 Å². The van der Waals surface area contributed by atoms with Crippen molar-refractivity contribution >= 4 is 48.5 Å². The van der Waals surface area contributed by atoms with Crippen molar-refractivity contribution < 1.29 is 18.3 Å². The number of aromatic amines is 1. The number of aromatic nitrogens is 1. The minimum atomic E-state index is -3.93. The molecule has 0 atom stereocenters. The highest BCUT2D eigenvalue weighted by Crippen LogP contribution is 2.20. The Morgan fingerprint density at radius 2 is 1.80 bits per heavy atom. The van der Waals surface area contributed by atoms with E-state index in [4.69, 9.17) is 5.11 Å². The molecule has 0 amide bonds. The molecule has 25 heavy (non-hydrogen) atoms. The van der Waals surface area contributed by atoms with E-state index in [0.29, 0.717) is 11.2 Å². The lowest BCUT2D eigenvalue weighted by atomic mass is 10.1. The van der Waals surface area contributed by atoms with E-state index in [9.17, 15) is 18.0 Å². The number of rotatable bonds is 4. The minimum Gasteiger partial charge on any atom is -0.477 e. The van der Waals surface area contributed by atoms with Gasteiger partial charge in [0.05, 0.1) is 4.90 Å². The predicted octanol–water partition coefficient (Wildman–Crippen LogP) is 2.79. The Bertz CT molecular complexity index is 1140.